The van der Waals surface area contributed by atoms with Gasteiger partial charge in [0.05, 0.1) is 17.0 Å². The molecule has 23 heavy (non-hydrogen) atoms. The first kappa shape index (κ1) is 15.7. The number of fused-ring (bicyclic) bond motifs is 1. The molecular formula is C15H15N5OS2. The minimum Gasteiger partial charge on any atom is -0.383 e. The predicted molar refractivity (Wildman–Crippen MR) is 95.4 cm³/mol. The van der Waals surface area contributed by atoms with Gasteiger partial charge in [-0.1, -0.05) is 12.1 Å². The number of amides is 1. The van der Waals surface area contributed by atoms with E-state index < -0.39 is 0 Å². The van der Waals surface area contributed by atoms with Gasteiger partial charge in [0, 0.05) is 23.4 Å². The normalized spacial score (nSPS) is 10.8. The average molecular weight is 345 g/mol. The number of para-hydroxylation sites is 1. The van der Waals surface area contributed by atoms with Crippen LogP contribution in [-0.2, 0) is 16.3 Å². The minimum absolute atomic E-state index is 0.112. The van der Waals surface area contributed by atoms with Crippen molar-refractivity contribution in [2.75, 3.05) is 11.1 Å². The van der Waals surface area contributed by atoms with E-state index in [-0.39, 0.29) is 5.91 Å². The molecule has 2 aromatic heterocycles. The van der Waals surface area contributed by atoms with Gasteiger partial charge >= 0.3 is 0 Å². The molecule has 3 aromatic rings. The summed E-state index contributed by atoms with van der Waals surface area (Å²) >= 11 is 3.08. The molecule has 0 radical (unpaired) electrons. The molecule has 0 aliphatic heterocycles. The highest BCUT2D eigenvalue weighted by Crippen LogP contribution is 2.23. The number of hydrogen-bond donors (Lipinski definition) is 2. The monoisotopic (exact) mass is 345 g/mol. The van der Waals surface area contributed by atoms with Crippen LogP contribution in [0.1, 0.15) is 18.4 Å². The molecule has 6 nitrogen and oxygen atoms in total. The third-order valence-electron chi connectivity index (χ3n) is 2.99. The molecule has 3 N–H and O–H groups in total. The average Bonchev–Trinajstić information content (AvgIpc) is 2.94. The van der Waals surface area contributed by atoms with Crippen LogP contribution in [0.25, 0.3) is 10.9 Å². The zero-order valence-corrected chi connectivity index (χ0v) is 14.1. The number of benzene rings is 1. The quantitative estimate of drug-likeness (QED) is 0.738. The highest BCUT2D eigenvalue weighted by atomic mass is 32.2. The number of nitrogens with two attached hydrogens (primary N) is 1. The van der Waals surface area contributed by atoms with Crippen LogP contribution in [0.3, 0.4) is 0 Å². The fourth-order valence-corrected chi connectivity index (χ4v) is 3.68. The maximum absolute atomic E-state index is 11.0. The zero-order valence-electron chi connectivity index (χ0n) is 12.4. The fraction of sp³-hybridized carbons (Fsp3) is 0.200. The van der Waals surface area contributed by atoms with Crippen molar-refractivity contribution in [1.29, 1.82) is 0 Å². The van der Waals surface area contributed by atoms with Crippen molar-refractivity contribution in [1.82, 2.24) is 15.0 Å². The van der Waals surface area contributed by atoms with Crippen molar-refractivity contribution in [2.24, 2.45) is 0 Å². The van der Waals surface area contributed by atoms with E-state index in [4.69, 9.17) is 5.73 Å². The Morgan fingerprint density at radius 1 is 1.26 bits per heavy atom. The van der Waals surface area contributed by atoms with Crippen LogP contribution in [0.15, 0.2) is 29.6 Å². The molecule has 3 rings (SSSR count). The smallest absolute Gasteiger partial charge is 0.223 e. The van der Waals surface area contributed by atoms with Crippen LogP contribution in [0, 0.1) is 0 Å². The molecule has 0 aliphatic rings. The van der Waals surface area contributed by atoms with Gasteiger partial charge in [0.15, 0.2) is 5.13 Å². The summed E-state index contributed by atoms with van der Waals surface area (Å²) in [5.41, 5.74) is 7.77. The molecular weight excluding hydrogens is 330 g/mol. The van der Waals surface area contributed by atoms with E-state index >= 15 is 0 Å². The molecule has 0 saturated heterocycles. The molecule has 0 unspecified atom stereocenters. The summed E-state index contributed by atoms with van der Waals surface area (Å²) in [7, 11) is 0. The van der Waals surface area contributed by atoms with E-state index in [9.17, 15) is 4.79 Å². The van der Waals surface area contributed by atoms with Gasteiger partial charge in [-0.2, -0.15) is 0 Å². The number of thioether (sulfide) groups is 1. The first-order valence-corrected chi connectivity index (χ1v) is 8.96. The summed E-state index contributed by atoms with van der Waals surface area (Å²) in [6.45, 7) is 1.47. The second kappa shape index (κ2) is 6.93. The molecule has 0 aliphatic carbocycles. The van der Waals surface area contributed by atoms with E-state index in [0.29, 0.717) is 22.5 Å². The van der Waals surface area contributed by atoms with Gasteiger partial charge in [0.25, 0.3) is 0 Å². The molecule has 1 aromatic carbocycles. The van der Waals surface area contributed by atoms with Crippen LogP contribution in [0.5, 0.6) is 0 Å². The number of hydrogen-bond acceptors (Lipinski definition) is 7. The Morgan fingerprint density at radius 2 is 2.09 bits per heavy atom. The van der Waals surface area contributed by atoms with Crippen molar-refractivity contribution >= 4 is 50.9 Å². The maximum Gasteiger partial charge on any atom is 0.223 e. The summed E-state index contributed by atoms with van der Waals surface area (Å²) < 4.78 is 0. The van der Waals surface area contributed by atoms with E-state index in [1.54, 1.807) is 11.8 Å². The molecule has 0 saturated carbocycles. The van der Waals surface area contributed by atoms with E-state index in [1.165, 1.54) is 18.3 Å². The summed E-state index contributed by atoms with van der Waals surface area (Å²) in [4.78, 5) is 24.2. The van der Waals surface area contributed by atoms with Gasteiger partial charge in [-0.3, -0.25) is 4.79 Å². The maximum atomic E-state index is 11.0. The number of nitrogens with zero attached hydrogens (tertiary/aromatic N) is 3. The highest BCUT2D eigenvalue weighted by molar-refractivity contribution is 7.97. The van der Waals surface area contributed by atoms with Crippen molar-refractivity contribution < 1.29 is 4.79 Å². The fourth-order valence-electron chi connectivity index (χ4n) is 2.04. The Bertz CT molecular complexity index is 849. The molecule has 0 fully saturated rings. The molecule has 0 spiro atoms. The number of carbonyl (C=O) groups is 1. The lowest BCUT2D eigenvalue weighted by molar-refractivity contribution is -0.114. The molecule has 0 bridgehead atoms. The highest BCUT2D eigenvalue weighted by Gasteiger charge is 2.07. The predicted octanol–water partition coefficient (Wildman–Crippen LogP) is 3.06. The lowest BCUT2D eigenvalue weighted by atomic mass is 10.2. The van der Waals surface area contributed by atoms with Crippen molar-refractivity contribution in [3.05, 3.63) is 41.2 Å². The minimum atomic E-state index is -0.112. The van der Waals surface area contributed by atoms with Gasteiger partial charge in [-0.15, -0.1) is 23.1 Å². The van der Waals surface area contributed by atoms with Crippen molar-refractivity contribution in [3.8, 4) is 0 Å². The lowest BCUT2D eigenvalue weighted by Crippen LogP contribution is -2.05. The second-order valence-corrected chi connectivity index (χ2v) is 6.70. The van der Waals surface area contributed by atoms with Gasteiger partial charge in [0.1, 0.15) is 11.6 Å². The number of aromatic nitrogens is 3. The third-order valence-corrected chi connectivity index (χ3v) is 4.76. The standard InChI is InChI=1S/C15H15N5OS2/c1-9(21)17-15-18-10(7-23-15)6-22-8-13-19-12-5-3-2-4-11(12)14(16)20-13/h2-5,7H,6,8H2,1H3,(H2,16,19,20)(H,17,18,21). The zero-order chi connectivity index (χ0) is 16.2. The Morgan fingerprint density at radius 3 is 2.91 bits per heavy atom. The number of nitrogens with one attached hydrogen (secondary N) is 1. The van der Waals surface area contributed by atoms with Crippen LogP contribution in [0.2, 0.25) is 0 Å². The number of nitrogen functional groups attached to an aromatic ring is 1. The van der Waals surface area contributed by atoms with Crippen molar-refractivity contribution in [3.63, 3.8) is 0 Å². The Kier molecular flexibility index (Phi) is 4.73. The van der Waals surface area contributed by atoms with E-state index in [1.807, 2.05) is 29.6 Å². The summed E-state index contributed by atoms with van der Waals surface area (Å²) in [5.74, 6) is 2.49. The van der Waals surface area contributed by atoms with Crippen LogP contribution in [0.4, 0.5) is 10.9 Å². The van der Waals surface area contributed by atoms with E-state index in [2.05, 4.69) is 20.3 Å². The third kappa shape index (κ3) is 3.96. The van der Waals surface area contributed by atoms with Crippen molar-refractivity contribution in [2.45, 2.75) is 18.4 Å². The number of carbonyl (C=O) groups excluding carboxylic acids is 1. The summed E-state index contributed by atoms with van der Waals surface area (Å²) in [6, 6.07) is 7.71. The number of thiazole rings is 1. The molecule has 8 heteroatoms. The van der Waals surface area contributed by atoms with Crippen LogP contribution >= 0.6 is 23.1 Å². The number of rotatable bonds is 5. The molecule has 0 atom stereocenters. The first-order chi connectivity index (χ1) is 11.1. The Hall–Kier alpha value is -2.19. The van der Waals surface area contributed by atoms with Crippen LogP contribution < -0.4 is 11.1 Å². The topological polar surface area (TPSA) is 93.8 Å². The summed E-state index contributed by atoms with van der Waals surface area (Å²) in [5, 5.41) is 6.12. The molecule has 2 heterocycles. The first-order valence-electron chi connectivity index (χ1n) is 6.92. The second-order valence-electron chi connectivity index (χ2n) is 4.86. The molecule has 118 valence electrons. The number of anilines is 2. The van der Waals surface area contributed by atoms with Gasteiger partial charge in [-0.25, -0.2) is 15.0 Å². The Labute approximate surface area is 141 Å². The lowest BCUT2D eigenvalue weighted by Gasteiger charge is -2.04. The SMILES string of the molecule is CC(=O)Nc1nc(CSCc2nc(N)c3ccccc3n2)cs1. The van der Waals surface area contributed by atoms with Gasteiger partial charge in [0.2, 0.25) is 5.91 Å². The van der Waals surface area contributed by atoms with Gasteiger partial charge < -0.3 is 11.1 Å². The van der Waals surface area contributed by atoms with Crippen LogP contribution in [-0.4, -0.2) is 20.9 Å². The Balaban J connectivity index is 1.62. The van der Waals surface area contributed by atoms with E-state index in [0.717, 1.165) is 22.3 Å². The van der Waals surface area contributed by atoms with Gasteiger partial charge in [-0.05, 0) is 12.1 Å². The molecule has 1 amide bonds. The largest absolute Gasteiger partial charge is 0.383 e. The summed E-state index contributed by atoms with van der Waals surface area (Å²) in [6.07, 6.45) is 0.